The van der Waals surface area contributed by atoms with Crippen molar-refractivity contribution >= 4 is 21.6 Å². The molecule has 15 heavy (non-hydrogen) atoms. The first-order valence-electron chi connectivity index (χ1n) is 5.02. The van der Waals surface area contributed by atoms with Crippen LogP contribution in [-0.2, 0) is 4.74 Å². The van der Waals surface area contributed by atoms with E-state index in [9.17, 15) is 0 Å². The summed E-state index contributed by atoms with van der Waals surface area (Å²) in [6.07, 6.45) is 1.14. The molecule has 0 amide bonds. The normalized spacial score (nSPS) is 20.9. The van der Waals surface area contributed by atoms with Crippen LogP contribution in [-0.4, -0.2) is 23.7 Å². The maximum Gasteiger partial charge on any atom is 0.233 e. The van der Waals surface area contributed by atoms with Gasteiger partial charge in [-0.15, -0.1) is 0 Å². The summed E-state index contributed by atoms with van der Waals surface area (Å²) in [4.78, 5) is 0. The van der Waals surface area contributed by atoms with E-state index < -0.39 is 0 Å². The Kier molecular flexibility index (Phi) is 2.31. The van der Waals surface area contributed by atoms with E-state index in [2.05, 4.69) is 10.4 Å². The molecule has 4 heteroatoms. The minimum Gasteiger partial charge on any atom is -0.471 e. The summed E-state index contributed by atoms with van der Waals surface area (Å²) >= 11 is 1.48. The third-order valence-corrected chi connectivity index (χ3v) is 3.32. The Morgan fingerprint density at radius 2 is 2.33 bits per heavy atom. The fourth-order valence-corrected chi connectivity index (χ4v) is 2.43. The van der Waals surface area contributed by atoms with E-state index in [1.54, 1.807) is 0 Å². The van der Waals surface area contributed by atoms with Gasteiger partial charge in [-0.05, 0) is 23.7 Å². The van der Waals surface area contributed by atoms with Gasteiger partial charge in [0.15, 0.2) is 0 Å². The highest BCUT2D eigenvalue weighted by molar-refractivity contribution is 7.13. The van der Waals surface area contributed by atoms with Crippen LogP contribution in [0.3, 0.4) is 0 Å². The van der Waals surface area contributed by atoms with Gasteiger partial charge in [-0.2, -0.15) is 4.37 Å². The molecule has 0 aliphatic carbocycles. The average molecular weight is 221 g/mol. The van der Waals surface area contributed by atoms with Crippen molar-refractivity contribution in [1.82, 2.24) is 4.37 Å². The highest BCUT2D eigenvalue weighted by Crippen LogP contribution is 2.29. The first-order chi connectivity index (χ1) is 7.43. The van der Waals surface area contributed by atoms with Crippen molar-refractivity contribution < 1.29 is 9.47 Å². The Morgan fingerprint density at radius 1 is 1.40 bits per heavy atom. The van der Waals surface area contributed by atoms with E-state index in [0.717, 1.165) is 24.3 Å². The molecule has 0 spiro atoms. The Labute approximate surface area is 91.8 Å². The lowest BCUT2D eigenvalue weighted by atomic mass is 10.3. The lowest BCUT2D eigenvalue weighted by molar-refractivity contribution is 0.140. The molecule has 1 atom stereocenters. The van der Waals surface area contributed by atoms with E-state index in [1.807, 2.05) is 18.2 Å². The third-order valence-electron chi connectivity index (χ3n) is 2.51. The van der Waals surface area contributed by atoms with Gasteiger partial charge in [0.25, 0.3) is 0 Å². The molecule has 78 valence electrons. The topological polar surface area (TPSA) is 31.4 Å². The number of fused-ring (bicyclic) bond motifs is 1. The summed E-state index contributed by atoms with van der Waals surface area (Å²) in [6.45, 7) is 1.48. The van der Waals surface area contributed by atoms with Crippen LogP contribution >= 0.6 is 11.5 Å². The lowest BCUT2D eigenvalue weighted by Gasteiger charge is -2.08. The molecule has 2 heterocycles. The molecule has 1 aromatic carbocycles. The standard InChI is InChI=1S/C11H11NO2S/c1-2-4-10-9(3-1)11(12-15-10)14-8-5-6-13-7-8/h1-4,8H,5-7H2. The van der Waals surface area contributed by atoms with Gasteiger partial charge in [-0.1, -0.05) is 12.1 Å². The van der Waals surface area contributed by atoms with Crippen molar-refractivity contribution in [2.75, 3.05) is 13.2 Å². The zero-order chi connectivity index (χ0) is 10.1. The van der Waals surface area contributed by atoms with Crippen LogP contribution in [0.1, 0.15) is 6.42 Å². The number of hydrogen-bond acceptors (Lipinski definition) is 4. The summed E-state index contributed by atoms with van der Waals surface area (Å²) in [6, 6.07) is 8.13. The van der Waals surface area contributed by atoms with Crippen LogP contribution in [0.4, 0.5) is 0 Å². The van der Waals surface area contributed by atoms with E-state index >= 15 is 0 Å². The van der Waals surface area contributed by atoms with Crippen molar-refractivity contribution in [3.05, 3.63) is 24.3 Å². The van der Waals surface area contributed by atoms with Gasteiger partial charge >= 0.3 is 0 Å². The molecule has 1 fully saturated rings. The molecule has 0 saturated carbocycles. The van der Waals surface area contributed by atoms with E-state index in [-0.39, 0.29) is 6.10 Å². The van der Waals surface area contributed by atoms with Crippen molar-refractivity contribution in [3.8, 4) is 5.88 Å². The molecular weight excluding hydrogens is 210 g/mol. The molecule has 1 aliphatic rings. The number of hydrogen-bond donors (Lipinski definition) is 0. The van der Waals surface area contributed by atoms with Gasteiger partial charge < -0.3 is 9.47 Å². The zero-order valence-electron chi connectivity index (χ0n) is 8.18. The molecule has 2 aromatic rings. The Bertz CT molecular complexity index is 462. The predicted octanol–water partition coefficient (Wildman–Crippen LogP) is 2.46. The van der Waals surface area contributed by atoms with E-state index in [0.29, 0.717) is 6.61 Å². The lowest BCUT2D eigenvalue weighted by Crippen LogP contribution is -2.15. The average Bonchev–Trinajstić information content (AvgIpc) is 2.89. The SMILES string of the molecule is c1ccc2c(OC3CCOC3)nsc2c1. The maximum atomic E-state index is 5.80. The molecule has 1 aliphatic heterocycles. The fraction of sp³-hybridized carbons (Fsp3) is 0.364. The van der Waals surface area contributed by atoms with Crippen LogP contribution in [0.2, 0.25) is 0 Å². The summed E-state index contributed by atoms with van der Waals surface area (Å²) in [5.74, 6) is 0.756. The number of benzene rings is 1. The molecular formula is C11H11NO2S. The number of rotatable bonds is 2. The fourth-order valence-electron chi connectivity index (χ4n) is 1.71. The van der Waals surface area contributed by atoms with Crippen molar-refractivity contribution in [2.45, 2.75) is 12.5 Å². The quantitative estimate of drug-likeness (QED) is 0.780. The molecule has 1 unspecified atom stereocenters. The second kappa shape index (κ2) is 3.79. The van der Waals surface area contributed by atoms with Crippen molar-refractivity contribution in [1.29, 1.82) is 0 Å². The van der Waals surface area contributed by atoms with Crippen LogP contribution in [0.5, 0.6) is 5.88 Å². The van der Waals surface area contributed by atoms with Gasteiger partial charge in [0.2, 0.25) is 5.88 Å². The molecule has 0 N–H and O–H groups in total. The predicted molar refractivity (Wildman–Crippen MR) is 59.5 cm³/mol. The van der Waals surface area contributed by atoms with E-state index in [1.165, 1.54) is 16.2 Å². The van der Waals surface area contributed by atoms with Crippen LogP contribution in [0.25, 0.3) is 10.1 Å². The van der Waals surface area contributed by atoms with Gasteiger partial charge in [-0.25, -0.2) is 0 Å². The molecule has 3 rings (SSSR count). The summed E-state index contributed by atoms with van der Waals surface area (Å²) in [5, 5.41) is 1.11. The van der Waals surface area contributed by atoms with Gasteiger partial charge in [-0.3, -0.25) is 0 Å². The van der Waals surface area contributed by atoms with Gasteiger partial charge in [0, 0.05) is 6.42 Å². The smallest absolute Gasteiger partial charge is 0.233 e. The molecule has 1 aromatic heterocycles. The number of aromatic nitrogens is 1. The Hall–Kier alpha value is -1.13. The third kappa shape index (κ3) is 1.70. The summed E-state index contributed by atoms with van der Waals surface area (Å²) < 4.78 is 16.6. The highest BCUT2D eigenvalue weighted by atomic mass is 32.1. The van der Waals surface area contributed by atoms with Crippen LogP contribution in [0.15, 0.2) is 24.3 Å². The second-order valence-electron chi connectivity index (χ2n) is 3.59. The number of nitrogens with zero attached hydrogens (tertiary/aromatic N) is 1. The molecule has 3 nitrogen and oxygen atoms in total. The monoisotopic (exact) mass is 221 g/mol. The maximum absolute atomic E-state index is 5.80. The minimum absolute atomic E-state index is 0.176. The van der Waals surface area contributed by atoms with E-state index in [4.69, 9.17) is 9.47 Å². The Morgan fingerprint density at radius 3 is 3.20 bits per heavy atom. The summed E-state index contributed by atoms with van der Waals surface area (Å²) in [7, 11) is 0. The molecule has 1 saturated heterocycles. The van der Waals surface area contributed by atoms with Crippen molar-refractivity contribution in [3.63, 3.8) is 0 Å². The highest BCUT2D eigenvalue weighted by Gasteiger charge is 2.19. The summed E-state index contributed by atoms with van der Waals surface area (Å²) in [5.41, 5.74) is 0. The van der Waals surface area contributed by atoms with Gasteiger partial charge in [0.05, 0.1) is 23.3 Å². The van der Waals surface area contributed by atoms with Crippen LogP contribution < -0.4 is 4.74 Å². The first kappa shape index (κ1) is 9.12. The number of ether oxygens (including phenoxy) is 2. The van der Waals surface area contributed by atoms with Crippen LogP contribution in [0, 0.1) is 0 Å². The van der Waals surface area contributed by atoms with Crippen molar-refractivity contribution in [2.24, 2.45) is 0 Å². The minimum atomic E-state index is 0.176. The van der Waals surface area contributed by atoms with Gasteiger partial charge in [0.1, 0.15) is 6.10 Å². The Balaban J connectivity index is 1.90. The first-order valence-corrected chi connectivity index (χ1v) is 5.79. The second-order valence-corrected chi connectivity index (χ2v) is 4.39. The molecule has 0 bridgehead atoms. The largest absolute Gasteiger partial charge is 0.471 e. The zero-order valence-corrected chi connectivity index (χ0v) is 9.00. The molecule has 0 radical (unpaired) electrons.